The fraction of sp³-hybridized carbons (Fsp3) is 0. The monoisotopic (exact) mass is 270 g/mol. The van der Waals surface area contributed by atoms with Crippen LogP contribution in [0.2, 0.25) is 0 Å². The van der Waals surface area contributed by atoms with Crippen LogP contribution in [0.1, 0.15) is 11.1 Å². The Labute approximate surface area is 115 Å². The minimum absolute atomic E-state index is 0.525. The Morgan fingerprint density at radius 1 is 0.850 bits per heavy atom. The number of nitrogens with zero attached hydrogens (tertiary/aromatic N) is 4. The molecule has 2 aromatic heterocycles. The molecular weight excluding hydrogens is 256 g/mol. The molecule has 0 saturated heterocycles. The van der Waals surface area contributed by atoms with Crippen molar-refractivity contribution in [3.8, 4) is 0 Å². The van der Waals surface area contributed by atoms with E-state index in [0.717, 1.165) is 11.1 Å². The zero-order valence-corrected chi connectivity index (χ0v) is 10.6. The molecule has 2 heterocycles. The molecule has 0 aliphatic rings. The van der Waals surface area contributed by atoms with Gasteiger partial charge in [-0.2, -0.15) is 10.2 Å². The van der Waals surface area contributed by atoms with Crippen LogP contribution in [0.15, 0.2) is 46.9 Å². The number of nitrogens with two attached hydrogens (primary N) is 2. The topological polar surface area (TPSA) is 127 Å². The molecule has 0 atom stereocenters. The molecule has 8 nitrogen and oxygen atoms in total. The van der Waals surface area contributed by atoms with Crippen LogP contribution in [0.25, 0.3) is 0 Å². The van der Waals surface area contributed by atoms with Crippen LogP contribution in [0.5, 0.6) is 0 Å². The first-order valence-electron chi connectivity index (χ1n) is 5.75. The second-order valence-corrected chi connectivity index (χ2v) is 3.66. The zero-order valence-electron chi connectivity index (χ0n) is 10.6. The first-order chi connectivity index (χ1) is 9.85. The summed E-state index contributed by atoms with van der Waals surface area (Å²) in [5.41, 5.74) is 6.43. The van der Waals surface area contributed by atoms with Crippen molar-refractivity contribution in [2.24, 2.45) is 21.9 Å². The van der Waals surface area contributed by atoms with Crippen LogP contribution >= 0.6 is 0 Å². The fourth-order valence-corrected chi connectivity index (χ4v) is 1.48. The van der Waals surface area contributed by atoms with Crippen molar-refractivity contribution in [2.45, 2.75) is 0 Å². The lowest BCUT2D eigenvalue weighted by molar-refractivity contribution is 1.20. The van der Waals surface area contributed by atoms with Gasteiger partial charge in [-0.05, 0) is 24.3 Å². The van der Waals surface area contributed by atoms with Gasteiger partial charge < -0.3 is 10.9 Å². The molecule has 2 rings (SSSR count). The highest BCUT2D eigenvalue weighted by Gasteiger charge is 1.98. The maximum atomic E-state index is 5.34. The highest BCUT2D eigenvalue weighted by Crippen LogP contribution is 2.08. The minimum Gasteiger partial charge on any atom is -0.308 e. The molecule has 0 amide bonds. The number of pyridine rings is 2. The molecule has 0 radical (unpaired) electrons. The van der Waals surface area contributed by atoms with Gasteiger partial charge in [-0.1, -0.05) is 0 Å². The lowest BCUT2D eigenvalue weighted by atomic mass is 10.3. The third-order valence-corrected chi connectivity index (χ3v) is 2.41. The van der Waals surface area contributed by atoms with E-state index >= 15 is 0 Å². The van der Waals surface area contributed by atoms with Crippen LogP contribution in [0, 0.1) is 0 Å². The Bertz CT molecular complexity index is 567. The molecule has 0 fully saturated rings. The van der Waals surface area contributed by atoms with Gasteiger partial charge in [-0.15, -0.1) is 0 Å². The van der Waals surface area contributed by atoms with Gasteiger partial charge in [-0.25, -0.2) is 21.7 Å². The van der Waals surface area contributed by atoms with Gasteiger partial charge in [0.05, 0.1) is 12.4 Å². The van der Waals surface area contributed by atoms with Crippen molar-refractivity contribution in [1.82, 2.24) is 9.97 Å². The third kappa shape index (κ3) is 3.34. The van der Waals surface area contributed by atoms with Gasteiger partial charge in [0.1, 0.15) is 11.6 Å². The SMILES string of the molecule is NNc1ncccc1/C=N/N=C/c1cccnc1NN. The average molecular weight is 270 g/mol. The lowest BCUT2D eigenvalue weighted by Crippen LogP contribution is -2.10. The molecule has 8 heteroatoms. The summed E-state index contributed by atoms with van der Waals surface area (Å²) in [4.78, 5) is 8.09. The van der Waals surface area contributed by atoms with E-state index in [1.54, 1.807) is 37.0 Å². The van der Waals surface area contributed by atoms with Crippen molar-refractivity contribution >= 4 is 24.1 Å². The largest absolute Gasteiger partial charge is 0.308 e. The first kappa shape index (κ1) is 13.6. The maximum absolute atomic E-state index is 5.34. The summed E-state index contributed by atoms with van der Waals surface area (Å²) in [5.74, 6) is 11.7. The second-order valence-electron chi connectivity index (χ2n) is 3.66. The highest BCUT2D eigenvalue weighted by atomic mass is 15.3. The zero-order chi connectivity index (χ0) is 14.2. The predicted molar refractivity (Wildman–Crippen MR) is 79.3 cm³/mol. The van der Waals surface area contributed by atoms with E-state index in [1.165, 1.54) is 0 Å². The molecule has 102 valence electrons. The van der Waals surface area contributed by atoms with Gasteiger partial charge in [0.15, 0.2) is 0 Å². The average Bonchev–Trinajstić information content (AvgIpc) is 2.52. The Kier molecular flexibility index (Phi) is 4.70. The molecule has 6 N–H and O–H groups in total. The summed E-state index contributed by atoms with van der Waals surface area (Å²) >= 11 is 0. The fourth-order valence-electron chi connectivity index (χ4n) is 1.48. The molecule has 0 spiro atoms. The van der Waals surface area contributed by atoms with Crippen molar-refractivity contribution in [1.29, 1.82) is 0 Å². The number of aromatic nitrogens is 2. The number of hydrazine groups is 2. The number of anilines is 2. The van der Waals surface area contributed by atoms with E-state index in [-0.39, 0.29) is 0 Å². The van der Waals surface area contributed by atoms with Crippen molar-refractivity contribution in [3.63, 3.8) is 0 Å². The molecule has 0 aromatic carbocycles. The number of hydrogen-bond donors (Lipinski definition) is 4. The van der Waals surface area contributed by atoms with E-state index in [0.29, 0.717) is 11.6 Å². The van der Waals surface area contributed by atoms with Gasteiger partial charge in [-0.3, -0.25) is 0 Å². The van der Waals surface area contributed by atoms with Gasteiger partial charge in [0.2, 0.25) is 0 Å². The normalized spacial score (nSPS) is 11.1. The summed E-state index contributed by atoms with van der Waals surface area (Å²) < 4.78 is 0. The van der Waals surface area contributed by atoms with E-state index in [4.69, 9.17) is 11.7 Å². The number of hydrogen-bond acceptors (Lipinski definition) is 8. The molecule has 0 unspecified atom stereocenters. The molecule has 0 aliphatic heterocycles. The van der Waals surface area contributed by atoms with E-state index in [2.05, 4.69) is 31.0 Å². The van der Waals surface area contributed by atoms with Crippen molar-refractivity contribution in [2.75, 3.05) is 10.9 Å². The standard InChI is InChI=1S/C12H14N8/c13-19-11-9(3-1-5-15-11)7-17-18-8-10-4-2-6-16-12(10)20-14/h1-8H,13-14H2,(H,15,19)(H,16,20)/b17-7+,18-8+. The first-order valence-corrected chi connectivity index (χ1v) is 5.75. The molecule has 0 aliphatic carbocycles. The third-order valence-electron chi connectivity index (χ3n) is 2.41. The number of nitrogens with one attached hydrogen (secondary N) is 2. The van der Waals surface area contributed by atoms with Crippen LogP contribution in [0.3, 0.4) is 0 Å². The molecular formula is C12H14N8. The van der Waals surface area contributed by atoms with E-state index in [1.807, 2.05) is 12.1 Å². The van der Waals surface area contributed by atoms with Crippen LogP contribution in [0.4, 0.5) is 11.6 Å². The Morgan fingerprint density at radius 3 is 1.70 bits per heavy atom. The maximum Gasteiger partial charge on any atom is 0.148 e. The van der Waals surface area contributed by atoms with Crippen LogP contribution < -0.4 is 22.5 Å². The van der Waals surface area contributed by atoms with Crippen LogP contribution in [-0.2, 0) is 0 Å². The number of rotatable bonds is 5. The number of nitrogen functional groups attached to an aromatic ring is 2. The summed E-state index contributed by atoms with van der Waals surface area (Å²) in [5, 5.41) is 7.87. The Balaban J connectivity index is 2.11. The lowest BCUT2D eigenvalue weighted by Gasteiger charge is -2.01. The quantitative estimate of drug-likeness (QED) is 0.356. The van der Waals surface area contributed by atoms with Crippen molar-refractivity contribution in [3.05, 3.63) is 47.8 Å². The van der Waals surface area contributed by atoms with Crippen LogP contribution in [-0.4, -0.2) is 22.4 Å². The predicted octanol–water partition coefficient (Wildman–Crippen LogP) is 0.501. The smallest absolute Gasteiger partial charge is 0.148 e. The summed E-state index contributed by atoms with van der Waals surface area (Å²) in [7, 11) is 0. The van der Waals surface area contributed by atoms with Gasteiger partial charge in [0, 0.05) is 23.5 Å². The molecule has 20 heavy (non-hydrogen) atoms. The Hall–Kier alpha value is -2.84. The molecule has 2 aromatic rings. The van der Waals surface area contributed by atoms with Gasteiger partial charge >= 0.3 is 0 Å². The van der Waals surface area contributed by atoms with E-state index < -0.39 is 0 Å². The highest BCUT2D eigenvalue weighted by molar-refractivity contribution is 5.88. The summed E-state index contributed by atoms with van der Waals surface area (Å²) in [6, 6.07) is 7.20. The van der Waals surface area contributed by atoms with E-state index in [9.17, 15) is 0 Å². The van der Waals surface area contributed by atoms with Gasteiger partial charge in [0.25, 0.3) is 0 Å². The minimum atomic E-state index is 0.525. The van der Waals surface area contributed by atoms with Crippen molar-refractivity contribution < 1.29 is 0 Å². The second kappa shape index (κ2) is 6.92. The Morgan fingerprint density at radius 2 is 1.30 bits per heavy atom. The molecule has 0 saturated carbocycles. The summed E-state index contributed by atoms with van der Waals surface area (Å²) in [6.07, 6.45) is 6.35. The molecule has 0 bridgehead atoms. The summed E-state index contributed by atoms with van der Waals surface area (Å²) in [6.45, 7) is 0.